The Kier molecular flexibility index (Phi) is 4.51. The van der Waals surface area contributed by atoms with Crippen LogP contribution in [-0.2, 0) is 13.9 Å². The van der Waals surface area contributed by atoms with Gasteiger partial charge in [0, 0.05) is 12.4 Å². The Morgan fingerprint density at radius 1 is 1.50 bits per heavy atom. The smallest absolute Gasteiger partial charge is 0.264 e. The molecule has 1 rings (SSSR count). The summed E-state index contributed by atoms with van der Waals surface area (Å²) in [5.41, 5.74) is 0. The number of rotatable bonds is 5. The highest BCUT2D eigenvalue weighted by Gasteiger charge is 2.22. The van der Waals surface area contributed by atoms with Crippen LogP contribution in [0.15, 0.2) is 30.1 Å². The summed E-state index contributed by atoms with van der Waals surface area (Å²) in [7, 11) is -1.94. The van der Waals surface area contributed by atoms with Gasteiger partial charge >= 0.3 is 0 Å². The second kappa shape index (κ2) is 5.66. The normalized spacial score (nSPS) is 13.6. The molecule has 16 heavy (non-hydrogen) atoms. The van der Waals surface area contributed by atoms with Crippen LogP contribution in [0.2, 0.25) is 0 Å². The predicted octanol–water partition coefficient (Wildman–Crippen LogP) is 1.98. The molecule has 0 radical (unpaired) electrons. The molecule has 0 amide bonds. The topological polar surface area (TPSA) is 52.6 Å². The first-order valence-electron chi connectivity index (χ1n) is 4.77. The van der Waals surface area contributed by atoms with Gasteiger partial charge in [-0.1, -0.05) is 6.07 Å². The van der Waals surface area contributed by atoms with Gasteiger partial charge in [0.05, 0.1) is 12.4 Å². The van der Waals surface area contributed by atoms with Gasteiger partial charge in [0.25, 0.3) is 7.37 Å². The maximum Gasteiger partial charge on any atom is 0.264 e. The zero-order chi connectivity index (χ0) is 12.0. The van der Waals surface area contributed by atoms with Gasteiger partial charge < -0.3 is 9.26 Å². The Morgan fingerprint density at radius 2 is 2.25 bits per heavy atom. The molecule has 0 heterocycles. The average molecular weight is 240 g/mol. The molecule has 1 aromatic carbocycles. The Hall–Kier alpha value is -1.34. The number of benzene rings is 1. The zero-order valence-corrected chi connectivity index (χ0v) is 10.1. The van der Waals surface area contributed by atoms with Crippen molar-refractivity contribution in [2.75, 3.05) is 13.7 Å². The van der Waals surface area contributed by atoms with Gasteiger partial charge in [0.15, 0.2) is 0 Å². The van der Waals surface area contributed by atoms with E-state index in [4.69, 9.17) is 9.26 Å². The minimum atomic E-state index is -3.23. The van der Waals surface area contributed by atoms with E-state index in [9.17, 15) is 9.36 Å². The fourth-order valence-electron chi connectivity index (χ4n) is 1.24. The molecule has 0 aliphatic rings. The van der Waals surface area contributed by atoms with E-state index in [1.807, 2.05) is 6.92 Å². The van der Waals surface area contributed by atoms with Gasteiger partial charge in [-0.3, -0.25) is 4.57 Å². The molecule has 0 bridgehead atoms. The molecular formula is C11H13O4P. The Morgan fingerprint density at radius 3 is 2.81 bits per heavy atom. The number of carbonyl (C=O) groups excluding carboxylic acids is 1. The summed E-state index contributed by atoms with van der Waals surface area (Å²) in [6.07, 6.45) is 0. The van der Waals surface area contributed by atoms with Crippen molar-refractivity contribution in [2.45, 2.75) is 6.92 Å². The van der Waals surface area contributed by atoms with Crippen molar-refractivity contribution in [2.24, 2.45) is 0 Å². The van der Waals surface area contributed by atoms with E-state index in [1.165, 1.54) is 13.1 Å². The maximum absolute atomic E-state index is 12.1. The third-order valence-corrected chi connectivity index (χ3v) is 3.97. The first-order valence-corrected chi connectivity index (χ1v) is 6.46. The highest BCUT2D eigenvalue weighted by atomic mass is 31.2. The third kappa shape index (κ3) is 2.83. The van der Waals surface area contributed by atoms with E-state index in [0.717, 1.165) is 5.82 Å². The van der Waals surface area contributed by atoms with Gasteiger partial charge in [0.1, 0.15) is 11.7 Å². The van der Waals surface area contributed by atoms with Crippen LogP contribution in [0.1, 0.15) is 6.92 Å². The van der Waals surface area contributed by atoms with E-state index >= 15 is 0 Å². The highest BCUT2D eigenvalue weighted by Crippen LogP contribution is 2.45. The maximum atomic E-state index is 12.1. The van der Waals surface area contributed by atoms with Crippen molar-refractivity contribution in [3.05, 3.63) is 30.1 Å². The molecule has 0 aromatic heterocycles. The van der Waals surface area contributed by atoms with Crippen molar-refractivity contribution in [1.82, 2.24) is 0 Å². The quantitative estimate of drug-likeness (QED) is 0.583. The molecule has 1 atom stereocenters. The van der Waals surface area contributed by atoms with Gasteiger partial charge in [-0.05, 0) is 25.1 Å². The molecule has 1 aromatic rings. The first-order chi connectivity index (χ1) is 7.66. The van der Waals surface area contributed by atoms with E-state index in [1.54, 1.807) is 24.3 Å². The van der Waals surface area contributed by atoms with Crippen LogP contribution >= 0.6 is 7.37 Å². The number of ether oxygens (including phenoxy) is 1. The number of hydrogen-bond acceptors (Lipinski definition) is 4. The molecule has 0 N–H and O–H groups in total. The van der Waals surface area contributed by atoms with E-state index in [0.29, 0.717) is 17.7 Å². The second-order valence-corrected chi connectivity index (χ2v) is 5.29. The van der Waals surface area contributed by atoms with Crippen molar-refractivity contribution in [3.63, 3.8) is 0 Å². The second-order valence-electron chi connectivity index (χ2n) is 2.96. The van der Waals surface area contributed by atoms with E-state index < -0.39 is 7.37 Å². The molecular weight excluding hydrogens is 227 g/mol. The lowest BCUT2D eigenvalue weighted by Gasteiger charge is -2.12. The summed E-state index contributed by atoms with van der Waals surface area (Å²) < 4.78 is 22.3. The minimum absolute atomic E-state index is 0.421. The monoisotopic (exact) mass is 240 g/mol. The lowest BCUT2D eigenvalue weighted by atomic mass is 10.3. The summed E-state index contributed by atoms with van der Waals surface area (Å²) in [4.78, 5) is 10.3. The first kappa shape index (κ1) is 12.7. The van der Waals surface area contributed by atoms with Crippen molar-refractivity contribution in [1.29, 1.82) is 0 Å². The summed E-state index contributed by atoms with van der Waals surface area (Å²) >= 11 is 0. The Bertz CT molecular complexity index is 449. The van der Waals surface area contributed by atoms with Crippen molar-refractivity contribution >= 4 is 18.6 Å². The lowest BCUT2D eigenvalue weighted by molar-refractivity contribution is 0.340. The van der Waals surface area contributed by atoms with Gasteiger partial charge in [-0.2, -0.15) is 0 Å². The third-order valence-electron chi connectivity index (χ3n) is 1.98. The average Bonchev–Trinajstić information content (AvgIpc) is 2.30. The molecule has 0 aliphatic heterocycles. The van der Waals surface area contributed by atoms with Gasteiger partial charge in [0.2, 0.25) is 0 Å². The summed E-state index contributed by atoms with van der Waals surface area (Å²) in [5.74, 6) is 3.01. The van der Waals surface area contributed by atoms with Crippen LogP contribution in [0.3, 0.4) is 0 Å². The molecule has 0 saturated heterocycles. The Balaban J connectivity index is 3.15. The fourth-order valence-corrected chi connectivity index (χ4v) is 2.44. The zero-order valence-electron chi connectivity index (χ0n) is 9.17. The highest BCUT2D eigenvalue weighted by molar-refractivity contribution is 7.70. The van der Waals surface area contributed by atoms with Crippen molar-refractivity contribution < 1.29 is 18.6 Å². The molecule has 0 saturated carbocycles. The largest absolute Gasteiger partial charge is 0.494 e. The number of hydrogen-bond donors (Lipinski definition) is 0. The van der Waals surface area contributed by atoms with Gasteiger partial charge in [-0.15, -0.1) is 0 Å². The van der Waals surface area contributed by atoms with Crippen LogP contribution in [0.4, 0.5) is 0 Å². The molecule has 0 aliphatic carbocycles. The van der Waals surface area contributed by atoms with E-state index in [2.05, 4.69) is 0 Å². The summed E-state index contributed by atoms with van der Waals surface area (Å²) in [6.45, 7) is 2.37. The standard InChI is InChI=1S/C11H13O4P/c1-3-15-10-5-4-6-11(9-10)16(13,14-2)8-7-12/h4-6,8-9H,3H2,1-2H3. The lowest BCUT2D eigenvalue weighted by Crippen LogP contribution is -2.05. The van der Waals surface area contributed by atoms with Gasteiger partial charge in [-0.25, -0.2) is 4.79 Å². The molecule has 0 fully saturated rings. The minimum Gasteiger partial charge on any atom is -0.494 e. The summed E-state index contributed by atoms with van der Waals surface area (Å²) in [5, 5.41) is 0.421. The van der Waals surface area contributed by atoms with Crippen LogP contribution in [-0.4, -0.2) is 19.7 Å². The van der Waals surface area contributed by atoms with E-state index in [-0.39, 0.29) is 0 Å². The molecule has 86 valence electrons. The van der Waals surface area contributed by atoms with Crippen LogP contribution in [0.25, 0.3) is 0 Å². The van der Waals surface area contributed by atoms with Crippen LogP contribution in [0.5, 0.6) is 5.75 Å². The predicted molar refractivity (Wildman–Crippen MR) is 62.1 cm³/mol. The molecule has 5 heteroatoms. The van der Waals surface area contributed by atoms with Crippen molar-refractivity contribution in [3.8, 4) is 5.75 Å². The molecule has 0 spiro atoms. The molecule has 1 unspecified atom stereocenters. The van der Waals surface area contributed by atoms with Crippen LogP contribution in [0, 0.1) is 0 Å². The summed E-state index contributed by atoms with van der Waals surface area (Å²) in [6, 6.07) is 6.67. The fraction of sp³-hybridized carbons (Fsp3) is 0.273. The van der Waals surface area contributed by atoms with Crippen LogP contribution < -0.4 is 10.0 Å². The SMILES string of the molecule is CCOc1cccc(P(=O)(C=C=O)OC)c1. The Labute approximate surface area is 94.3 Å². The molecule has 4 nitrogen and oxygen atoms in total.